The summed E-state index contributed by atoms with van der Waals surface area (Å²) in [6.07, 6.45) is 7.51. The van der Waals surface area contributed by atoms with Gasteiger partial charge in [0.2, 0.25) is 0 Å². The highest BCUT2D eigenvalue weighted by atomic mass is 16.1. The summed E-state index contributed by atoms with van der Waals surface area (Å²) in [6.45, 7) is 1.93. The van der Waals surface area contributed by atoms with Gasteiger partial charge in [-0.15, -0.1) is 0 Å². The lowest BCUT2D eigenvalue weighted by Crippen LogP contribution is -2.06. The summed E-state index contributed by atoms with van der Waals surface area (Å²) >= 11 is 0. The number of fused-ring (bicyclic) bond motifs is 1. The van der Waals surface area contributed by atoms with Crippen LogP contribution in [0.4, 0.5) is 0 Å². The van der Waals surface area contributed by atoms with E-state index in [1.807, 2.05) is 13.0 Å². The van der Waals surface area contributed by atoms with E-state index in [1.165, 1.54) is 24.0 Å². The maximum atomic E-state index is 12.3. The Hall–Kier alpha value is -1.96. The van der Waals surface area contributed by atoms with Gasteiger partial charge in [0, 0.05) is 24.4 Å². The summed E-state index contributed by atoms with van der Waals surface area (Å²) in [5, 5.41) is 0. The van der Waals surface area contributed by atoms with Gasteiger partial charge in [0.05, 0.1) is 0 Å². The van der Waals surface area contributed by atoms with Crippen molar-refractivity contribution in [1.29, 1.82) is 0 Å². The van der Waals surface area contributed by atoms with Crippen LogP contribution in [0, 0.1) is 6.92 Å². The van der Waals surface area contributed by atoms with Crippen molar-refractivity contribution in [2.24, 2.45) is 0 Å². The minimum atomic E-state index is 0.179. The van der Waals surface area contributed by atoms with Gasteiger partial charge in [-0.25, -0.2) is 0 Å². The SMILES string of the molecule is Cc1cnccc1C(=O)Cc1ccc2c(c1)CCC2. The van der Waals surface area contributed by atoms with E-state index in [-0.39, 0.29) is 5.78 Å². The van der Waals surface area contributed by atoms with Crippen molar-refractivity contribution >= 4 is 5.78 Å². The van der Waals surface area contributed by atoms with Gasteiger partial charge < -0.3 is 0 Å². The Morgan fingerprint density at radius 2 is 2.05 bits per heavy atom. The van der Waals surface area contributed by atoms with Crippen LogP contribution in [0.1, 0.15) is 39.0 Å². The van der Waals surface area contributed by atoms with Gasteiger partial charge in [0.15, 0.2) is 5.78 Å². The standard InChI is InChI=1S/C17H17NO/c1-12-11-18-8-7-16(12)17(19)10-13-5-6-14-3-2-4-15(14)9-13/h5-9,11H,2-4,10H2,1H3. The maximum Gasteiger partial charge on any atom is 0.167 e. The molecule has 1 aliphatic carbocycles. The first-order valence-electron chi connectivity index (χ1n) is 6.78. The molecule has 1 heterocycles. The number of carbonyl (C=O) groups is 1. The van der Waals surface area contributed by atoms with Crippen LogP contribution >= 0.6 is 0 Å². The lowest BCUT2D eigenvalue weighted by Gasteiger charge is -2.06. The van der Waals surface area contributed by atoms with Gasteiger partial charge in [-0.3, -0.25) is 9.78 Å². The monoisotopic (exact) mass is 251 g/mol. The molecule has 0 unspecified atom stereocenters. The summed E-state index contributed by atoms with van der Waals surface area (Å²) in [5.41, 5.74) is 5.75. The van der Waals surface area contributed by atoms with Gasteiger partial charge in [-0.05, 0) is 54.5 Å². The number of hydrogen-bond acceptors (Lipinski definition) is 2. The molecule has 2 heteroatoms. The molecule has 0 saturated heterocycles. The van der Waals surface area contributed by atoms with E-state index in [9.17, 15) is 4.79 Å². The van der Waals surface area contributed by atoms with Crippen LogP contribution in [0.5, 0.6) is 0 Å². The number of Topliss-reactive ketones (excluding diaryl/α,β-unsaturated/α-hetero) is 1. The molecule has 0 atom stereocenters. The van der Waals surface area contributed by atoms with E-state index in [4.69, 9.17) is 0 Å². The van der Waals surface area contributed by atoms with Gasteiger partial charge in [-0.1, -0.05) is 18.2 Å². The van der Waals surface area contributed by atoms with Gasteiger partial charge >= 0.3 is 0 Å². The molecule has 96 valence electrons. The Labute approximate surface area is 113 Å². The van der Waals surface area contributed by atoms with Crippen molar-refractivity contribution in [2.45, 2.75) is 32.6 Å². The zero-order chi connectivity index (χ0) is 13.2. The first-order valence-corrected chi connectivity index (χ1v) is 6.78. The summed E-state index contributed by atoms with van der Waals surface area (Å²) < 4.78 is 0. The quantitative estimate of drug-likeness (QED) is 0.783. The third kappa shape index (κ3) is 2.43. The summed E-state index contributed by atoms with van der Waals surface area (Å²) in [6, 6.07) is 8.30. The Bertz CT molecular complexity index is 631. The number of pyridine rings is 1. The molecule has 0 N–H and O–H groups in total. The molecule has 0 aliphatic heterocycles. The molecule has 1 aliphatic rings. The second-order valence-electron chi connectivity index (χ2n) is 5.25. The number of rotatable bonds is 3. The Kier molecular flexibility index (Phi) is 3.16. The molecule has 0 saturated carbocycles. The van der Waals surface area contributed by atoms with Crippen molar-refractivity contribution in [3.05, 3.63) is 64.5 Å². The molecular formula is C17H17NO. The largest absolute Gasteiger partial charge is 0.294 e. The van der Waals surface area contributed by atoms with Crippen molar-refractivity contribution in [2.75, 3.05) is 0 Å². The van der Waals surface area contributed by atoms with Crippen LogP contribution in [0.3, 0.4) is 0 Å². The van der Waals surface area contributed by atoms with Crippen molar-refractivity contribution < 1.29 is 4.79 Å². The number of carbonyl (C=O) groups excluding carboxylic acids is 1. The summed E-state index contributed by atoms with van der Waals surface area (Å²) in [7, 11) is 0. The highest BCUT2D eigenvalue weighted by molar-refractivity contribution is 5.98. The van der Waals surface area contributed by atoms with E-state index < -0.39 is 0 Å². The first kappa shape index (κ1) is 12.1. The normalized spacial score (nSPS) is 13.3. The number of hydrogen-bond donors (Lipinski definition) is 0. The number of benzene rings is 1. The third-order valence-electron chi connectivity index (χ3n) is 3.85. The Morgan fingerprint density at radius 3 is 2.89 bits per heavy atom. The number of nitrogens with zero attached hydrogens (tertiary/aromatic N) is 1. The summed E-state index contributed by atoms with van der Waals surface area (Å²) in [5.74, 6) is 0.179. The summed E-state index contributed by atoms with van der Waals surface area (Å²) in [4.78, 5) is 16.3. The minimum Gasteiger partial charge on any atom is -0.294 e. The van der Waals surface area contributed by atoms with E-state index in [1.54, 1.807) is 12.4 Å². The molecule has 19 heavy (non-hydrogen) atoms. The molecule has 0 amide bonds. The second kappa shape index (κ2) is 4.96. The van der Waals surface area contributed by atoms with E-state index >= 15 is 0 Å². The molecule has 1 aromatic heterocycles. The van der Waals surface area contributed by atoms with Crippen molar-refractivity contribution in [1.82, 2.24) is 4.98 Å². The first-order chi connectivity index (χ1) is 9.24. The van der Waals surface area contributed by atoms with Crippen molar-refractivity contribution in [3.63, 3.8) is 0 Å². The van der Waals surface area contributed by atoms with Crippen LogP contribution in [0.2, 0.25) is 0 Å². The molecule has 0 radical (unpaired) electrons. The van der Waals surface area contributed by atoms with E-state index in [0.717, 1.165) is 23.1 Å². The average Bonchev–Trinajstić information content (AvgIpc) is 2.86. The second-order valence-corrected chi connectivity index (χ2v) is 5.25. The van der Waals surface area contributed by atoms with Crippen LogP contribution < -0.4 is 0 Å². The van der Waals surface area contributed by atoms with Gasteiger partial charge in [0.25, 0.3) is 0 Å². The minimum absolute atomic E-state index is 0.179. The van der Waals surface area contributed by atoms with E-state index in [2.05, 4.69) is 23.2 Å². The lowest BCUT2D eigenvalue weighted by molar-refractivity contribution is 0.0992. The molecule has 0 spiro atoms. The topological polar surface area (TPSA) is 30.0 Å². The number of aromatic nitrogens is 1. The van der Waals surface area contributed by atoms with Gasteiger partial charge in [0.1, 0.15) is 0 Å². The molecule has 3 rings (SSSR count). The van der Waals surface area contributed by atoms with Crippen LogP contribution in [0.25, 0.3) is 0 Å². The van der Waals surface area contributed by atoms with Crippen LogP contribution in [-0.2, 0) is 19.3 Å². The Balaban J connectivity index is 1.82. The van der Waals surface area contributed by atoms with Crippen molar-refractivity contribution in [3.8, 4) is 0 Å². The van der Waals surface area contributed by atoms with Crippen LogP contribution in [-0.4, -0.2) is 10.8 Å². The predicted octanol–water partition coefficient (Wildman–Crippen LogP) is 3.30. The fourth-order valence-electron chi connectivity index (χ4n) is 2.80. The maximum absolute atomic E-state index is 12.3. The number of aryl methyl sites for hydroxylation is 3. The molecule has 0 bridgehead atoms. The average molecular weight is 251 g/mol. The zero-order valence-electron chi connectivity index (χ0n) is 11.1. The highest BCUT2D eigenvalue weighted by Crippen LogP contribution is 2.23. The zero-order valence-corrected chi connectivity index (χ0v) is 11.1. The highest BCUT2D eigenvalue weighted by Gasteiger charge is 2.14. The van der Waals surface area contributed by atoms with Crippen LogP contribution in [0.15, 0.2) is 36.7 Å². The lowest BCUT2D eigenvalue weighted by atomic mass is 9.98. The molecule has 2 aromatic rings. The smallest absolute Gasteiger partial charge is 0.167 e. The van der Waals surface area contributed by atoms with Gasteiger partial charge in [-0.2, -0.15) is 0 Å². The molecule has 1 aromatic carbocycles. The predicted molar refractivity (Wildman–Crippen MR) is 75.5 cm³/mol. The fourth-order valence-corrected chi connectivity index (χ4v) is 2.80. The molecular weight excluding hydrogens is 234 g/mol. The molecule has 2 nitrogen and oxygen atoms in total. The Morgan fingerprint density at radius 1 is 1.21 bits per heavy atom. The molecule has 0 fully saturated rings. The third-order valence-corrected chi connectivity index (χ3v) is 3.85. The van der Waals surface area contributed by atoms with E-state index in [0.29, 0.717) is 6.42 Å². The number of ketones is 1. The fraction of sp³-hybridized carbons (Fsp3) is 0.294.